The summed E-state index contributed by atoms with van der Waals surface area (Å²) in [4.78, 5) is 12.0. The van der Waals surface area contributed by atoms with Gasteiger partial charge in [-0.3, -0.25) is 4.79 Å². The molecule has 0 aliphatic heterocycles. The number of rotatable bonds is 5. The quantitative estimate of drug-likeness (QED) is 0.878. The van der Waals surface area contributed by atoms with E-state index in [-0.39, 0.29) is 11.8 Å². The van der Waals surface area contributed by atoms with Crippen LogP contribution in [0, 0.1) is 12.8 Å². The third kappa shape index (κ3) is 3.46. The lowest BCUT2D eigenvalue weighted by Crippen LogP contribution is -2.29. The molecular weight excluding hydrogens is 296 g/mol. The van der Waals surface area contributed by atoms with E-state index in [0.29, 0.717) is 18.0 Å². The lowest BCUT2D eigenvalue weighted by molar-refractivity contribution is -0.119. The molecule has 1 rings (SSSR count). The first-order valence-corrected chi connectivity index (χ1v) is 6.67. The Morgan fingerprint density at radius 2 is 2.22 bits per heavy atom. The molecular formula is C13H19BrN2O2. The van der Waals surface area contributed by atoms with Crippen molar-refractivity contribution in [3.8, 4) is 5.75 Å². The lowest BCUT2D eigenvalue weighted by Gasteiger charge is -2.17. The number of aryl methyl sites for hydroxylation is 1. The zero-order chi connectivity index (χ0) is 13.7. The highest BCUT2D eigenvalue weighted by Gasteiger charge is 2.17. The van der Waals surface area contributed by atoms with E-state index in [1.54, 1.807) is 7.11 Å². The van der Waals surface area contributed by atoms with Gasteiger partial charge in [-0.15, -0.1) is 0 Å². The molecule has 3 N–H and O–H groups in total. The molecule has 1 amide bonds. The first-order valence-electron chi connectivity index (χ1n) is 5.88. The van der Waals surface area contributed by atoms with Gasteiger partial charge in [-0.25, -0.2) is 0 Å². The van der Waals surface area contributed by atoms with Crippen LogP contribution in [-0.2, 0) is 4.79 Å². The van der Waals surface area contributed by atoms with E-state index >= 15 is 0 Å². The summed E-state index contributed by atoms with van der Waals surface area (Å²) >= 11 is 3.40. The van der Waals surface area contributed by atoms with Gasteiger partial charge in [0.1, 0.15) is 5.75 Å². The maximum Gasteiger partial charge on any atom is 0.228 e. The van der Waals surface area contributed by atoms with Crippen LogP contribution in [0.15, 0.2) is 16.6 Å². The van der Waals surface area contributed by atoms with Gasteiger partial charge in [0.2, 0.25) is 5.91 Å². The molecule has 18 heavy (non-hydrogen) atoms. The maximum absolute atomic E-state index is 12.0. The van der Waals surface area contributed by atoms with Crippen LogP contribution in [-0.4, -0.2) is 19.6 Å². The number of carbonyl (C=O) groups excluding carboxylic acids is 1. The van der Waals surface area contributed by atoms with Crippen LogP contribution in [0.5, 0.6) is 5.75 Å². The van der Waals surface area contributed by atoms with Gasteiger partial charge in [0.15, 0.2) is 0 Å². The van der Waals surface area contributed by atoms with Crippen molar-refractivity contribution < 1.29 is 9.53 Å². The Kier molecular flexibility index (Phi) is 5.62. The maximum atomic E-state index is 12.0. The van der Waals surface area contributed by atoms with Crippen LogP contribution in [0.3, 0.4) is 0 Å². The van der Waals surface area contributed by atoms with E-state index in [2.05, 4.69) is 21.2 Å². The smallest absolute Gasteiger partial charge is 0.228 e. The minimum atomic E-state index is -0.169. The summed E-state index contributed by atoms with van der Waals surface area (Å²) in [7, 11) is 1.58. The Morgan fingerprint density at radius 1 is 1.56 bits per heavy atom. The van der Waals surface area contributed by atoms with E-state index < -0.39 is 0 Å². The fourth-order valence-corrected chi connectivity index (χ4v) is 2.27. The van der Waals surface area contributed by atoms with Crippen LogP contribution in [0.1, 0.15) is 18.9 Å². The topological polar surface area (TPSA) is 64.4 Å². The molecule has 0 saturated heterocycles. The summed E-state index contributed by atoms with van der Waals surface area (Å²) in [5.41, 5.74) is 7.22. The molecule has 0 aromatic heterocycles. The highest BCUT2D eigenvalue weighted by atomic mass is 79.9. The molecule has 1 aromatic rings. The fourth-order valence-electron chi connectivity index (χ4n) is 1.72. The van der Waals surface area contributed by atoms with Crippen molar-refractivity contribution in [2.45, 2.75) is 20.3 Å². The average molecular weight is 315 g/mol. The van der Waals surface area contributed by atoms with Gasteiger partial charge in [0, 0.05) is 11.0 Å². The van der Waals surface area contributed by atoms with Gasteiger partial charge in [-0.2, -0.15) is 0 Å². The monoisotopic (exact) mass is 314 g/mol. The average Bonchev–Trinajstić information content (AvgIpc) is 2.33. The minimum absolute atomic E-state index is 0.0660. The van der Waals surface area contributed by atoms with E-state index in [4.69, 9.17) is 10.5 Å². The van der Waals surface area contributed by atoms with Crippen molar-refractivity contribution in [1.29, 1.82) is 0 Å². The van der Waals surface area contributed by atoms with Gasteiger partial charge in [0.25, 0.3) is 0 Å². The lowest BCUT2D eigenvalue weighted by atomic mass is 10.1. The van der Waals surface area contributed by atoms with Gasteiger partial charge in [-0.1, -0.05) is 22.9 Å². The number of methoxy groups -OCH3 is 1. The van der Waals surface area contributed by atoms with E-state index in [0.717, 1.165) is 16.5 Å². The Labute approximate surface area is 116 Å². The first-order chi connectivity index (χ1) is 8.53. The minimum Gasteiger partial charge on any atom is -0.495 e. The van der Waals surface area contributed by atoms with Crippen molar-refractivity contribution in [2.75, 3.05) is 19.0 Å². The Morgan fingerprint density at radius 3 is 2.72 bits per heavy atom. The standard InChI is InChI=1S/C13H19BrN2O2/c1-4-9(7-15)13(17)16-12-8(2)5-10(14)6-11(12)18-3/h5-6,9H,4,7,15H2,1-3H3,(H,16,17). The molecule has 0 bridgehead atoms. The second-order valence-corrected chi connectivity index (χ2v) is 5.05. The summed E-state index contributed by atoms with van der Waals surface area (Å²) in [5, 5.41) is 2.89. The molecule has 0 radical (unpaired) electrons. The number of nitrogens with one attached hydrogen (secondary N) is 1. The molecule has 0 heterocycles. The van der Waals surface area contributed by atoms with Crippen LogP contribution in [0.4, 0.5) is 5.69 Å². The number of ether oxygens (including phenoxy) is 1. The summed E-state index contributed by atoms with van der Waals surface area (Å²) in [6, 6.07) is 3.76. The molecule has 0 fully saturated rings. The third-order valence-electron chi connectivity index (χ3n) is 2.88. The molecule has 1 unspecified atom stereocenters. The van der Waals surface area contributed by atoms with E-state index in [1.165, 1.54) is 0 Å². The number of nitrogens with two attached hydrogens (primary N) is 1. The summed E-state index contributed by atoms with van der Waals surface area (Å²) in [5.74, 6) is 0.406. The molecule has 1 atom stereocenters. The van der Waals surface area contributed by atoms with E-state index in [1.807, 2.05) is 26.0 Å². The number of hydrogen-bond donors (Lipinski definition) is 2. The second kappa shape index (κ2) is 6.75. The normalized spacial score (nSPS) is 12.1. The molecule has 4 nitrogen and oxygen atoms in total. The third-order valence-corrected chi connectivity index (χ3v) is 3.34. The Balaban J connectivity index is 3.00. The number of amides is 1. The predicted octanol–water partition coefficient (Wildman–Crippen LogP) is 2.69. The second-order valence-electron chi connectivity index (χ2n) is 4.13. The SMILES string of the molecule is CCC(CN)C(=O)Nc1c(C)cc(Br)cc1OC. The zero-order valence-electron chi connectivity index (χ0n) is 10.9. The summed E-state index contributed by atoms with van der Waals surface area (Å²) in [6.07, 6.45) is 0.722. The molecule has 0 aliphatic carbocycles. The highest BCUT2D eigenvalue weighted by Crippen LogP contribution is 2.32. The fraction of sp³-hybridized carbons (Fsp3) is 0.462. The van der Waals surface area contributed by atoms with Crippen molar-refractivity contribution in [2.24, 2.45) is 11.7 Å². The molecule has 0 saturated carbocycles. The summed E-state index contributed by atoms with van der Waals surface area (Å²) in [6.45, 7) is 4.22. The van der Waals surface area contributed by atoms with Crippen LogP contribution < -0.4 is 15.8 Å². The Hall–Kier alpha value is -1.07. The number of carbonyl (C=O) groups is 1. The van der Waals surface area contributed by atoms with Crippen molar-refractivity contribution in [1.82, 2.24) is 0 Å². The summed E-state index contributed by atoms with van der Waals surface area (Å²) < 4.78 is 6.20. The molecule has 0 aliphatic rings. The predicted molar refractivity (Wildman–Crippen MR) is 76.9 cm³/mol. The number of benzene rings is 1. The molecule has 0 spiro atoms. The van der Waals surface area contributed by atoms with Gasteiger partial charge >= 0.3 is 0 Å². The van der Waals surface area contributed by atoms with Crippen LogP contribution in [0.25, 0.3) is 0 Å². The van der Waals surface area contributed by atoms with Gasteiger partial charge in [-0.05, 0) is 31.0 Å². The molecule has 100 valence electrons. The van der Waals surface area contributed by atoms with Crippen molar-refractivity contribution in [3.05, 3.63) is 22.2 Å². The largest absolute Gasteiger partial charge is 0.495 e. The first kappa shape index (κ1) is 15.0. The van der Waals surface area contributed by atoms with Crippen molar-refractivity contribution >= 4 is 27.5 Å². The molecule has 5 heteroatoms. The van der Waals surface area contributed by atoms with Crippen LogP contribution >= 0.6 is 15.9 Å². The van der Waals surface area contributed by atoms with Crippen molar-refractivity contribution in [3.63, 3.8) is 0 Å². The Bertz CT molecular complexity index is 431. The zero-order valence-corrected chi connectivity index (χ0v) is 12.5. The number of anilines is 1. The van der Waals surface area contributed by atoms with E-state index in [9.17, 15) is 4.79 Å². The van der Waals surface area contributed by atoms with Crippen LogP contribution in [0.2, 0.25) is 0 Å². The molecule has 1 aromatic carbocycles. The number of hydrogen-bond acceptors (Lipinski definition) is 3. The highest BCUT2D eigenvalue weighted by molar-refractivity contribution is 9.10. The number of halogens is 1. The van der Waals surface area contributed by atoms with Gasteiger partial charge < -0.3 is 15.8 Å². The van der Waals surface area contributed by atoms with Gasteiger partial charge in [0.05, 0.1) is 18.7 Å².